The molecule has 0 bridgehead atoms. The number of nitrogens with one attached hydrogen (secondary N) is 1. The van der Waals surface area contributed by atoms with Crippen LogP contribution < -0.4 is 5.32 Å². The Morgan fingerprint density at radius 1 is 1.07 bits per heavy atom. The molecule has 5 heteroatoms. The monoisotopic (exact) mass is 219 g/mol. The maximum Gasteiger partial charge on any atom is 0.221 e. The summed E-state index contributed by atoms with van der Waals surface area (Å²) in [7, 11) is 0. The van der Waals surface area contributed by atoms with Gasteiger partial charge in [-0.2, -0.15) is 0 Å². The molecule has 0 aromatic heterocycles. The number of aliphatic hydroxyl groups excluding tert-OH is 3. The predicted molar refractivity (Wildman–Crippen MR) is 56.2 cm³/mol. The van der Waals surface area contributed by atoms with Crippen molar-refractivity contribution >= 4 is 5.91 Å². The van der Waals surface area contributed by atoms with Crippen LogP contribution in [0.25, 0.3) is 0 Å². The predicted octanol–water partition coefficient (Wildman–Crippen LogP) is -0.746. The van der Waals surface area contributed by atoms with E-state index >= 15 is 0 Å². The van der Waals surface area contributed by atoms with Crippen molar-refractivity contribution in [2.24, 2.45) is 5.41 Å². The molecule has 0 aromatic rings. The lowest BCUT2D eigenvalue weighted by Gasteiger charge is -2.30. The number of carbonyl (C=O) groups excluding carboxylic acids is 1. The molecule has 0 atom stereocenters. The van der Waals surface area contributed by atoms with E-state index in [1.54, 1.807) is 0 Å². The number of hydrogen-bond donors (Lipinski definition) is 4. The van der Waals surface area contributed by atoms with Crippen LogP contribution in [-0.2, 0) is 4.79 Å². The fraction of sp³-hybridized carbons (Fsp3) is 0.900. The van der Waals surface area contributed by atoms with Crippen LogP contribution >= 0.6 is 0 Å². The number of carbonyl (C=O) groups is 1. The summed E-state index contributed by atoms with van der Waals surface area (Å²) in [5.74, 6) is -0.292. The molecule has 0 aliphatic carbocycles. The number of rotatable bonds is 5. The van der Waals surface area contributed by atoms with Crippen LogP contribution in [-0.4, -0.2) is 46.6 Å². The Hall–Kier alpha value is -0.650. The molecule has 5 nitrogen and oxygen atoms in total. The second-order valence-corrected chi connectivity index (χ2v) is 5.04. The molecule has 0 spiro atoms. The van der Waals surface area contributed by atoms with Gasteiger partial charge in [-0.05, 0) is 5.41 Å². The highest BCUT2D eigenvalue weighted by Gasteiger charge is 2.30. The molecule has 1 amide bonds. The van der Waals surface area contributed by atoms with Gasteiger partial charge in [-0.15, -0.1) is 0 Å². The minimum absolute atomic E-state index is 0.170. The molecule has 90 valence electrons. The molecule has 0 radical (unpaired) electrons. The lowest BCUT2D eigenvalue weighted by molar-refractivity contribution is -0.127. The van der Waals surface area contributed by atoms with Crippen molar-refractivity contribution < 1.29 is 20.1 Å². The van der Waals surface area contributed by atoms with Crippen LogP contribution in [0.3, 0.4) is 0 Å². The van der Waals surface area contributed by atoms with E-state index < -0.39 is 25.4 Å². The molecule has 0 saturated carbocycles. The van der Waals surface area contributed by atoms with Crippen molar-refractivity contribution in [3.63, 3.8) is 0 Å². The van der Waals surface area contributed by atoms with Gasteiger partial charge in [0.25, 0.3) is 0 Å². The van der Waals surface area contributed by atoms with Gasteiger partial charge in [-0.25, -0.2) is 0 Å². The summed E-state index contributed by atoms with van der Waals surface area (Å²) in [5, 5.41) is 29.4. The highest BCUT2D eigenvalue weighted by atomic mass is 16.3. The Bertz CT molecular complexity index is 198. The first-order valence-corrected chi connectivity index (χ1v) is 4.92. The summed E-state index contributed by atoms with van der Waals surface area (Å²) in [5.41, 5.74) is -1.49. The number of amides is 1. The zero-order chi connectivity index (χ0) is 12.1. The largest absolute Gasteiger partial charge is 0.394 e. The topological polar surface area (TPSA) is 89.8 Å². The maximum absolute atomic E-state index is 11.5. The highest BCUT2D eigenvalue weighted by molar-refractivity contribution is 5.77. The van der Waals surface area contributed by atoms with Gasteiger partial charge < -0.3 is 20.6 Å². The van der Waals surface area contributed by atoms with Gasteiger partial charge >= 0.3 is 0 Å². The fourth-order valence-electron chi connectivity index (χ4n) is 1.09. The van der Waals surface area contributed by atoms with Crippen LogP contribution in [0.15, 0.2) is 0 Å². The molecule has 15 heavy (non-hydrogen) atoms. The molecule has 0 fully saturated rings. The zero-order valence-electron chi connectivity index (χ0n) is 9.58. The molecule has 4 N–H and O–H groups in total. The molecule has 0 unspecified atom stereocenters. The third-order valence-corrected chi connectivity index (χ3v) is 2.00. The average molecular weight is 219 g/mol. The van der Waals surface area contributed by atoms with Gasteiger partial charge in [0.15, 0.2) is 0 Å². The Morgan fingerprint density at radius 3 is 1.73 bits per heavy atom. The highest BCUT2D eigenvalue weighted by Crippen LogP contribution is 2.18. The van der Waals surface area contributed by atoms with Crippen LogP contribution in [0.2, 0.25) is 0 Å². The van der Waals surface area contributed by atoms with E-state index in [1.165, 1.54) is 0 Å². The molecule has 0 aliphatic heterocycles. The first-order chi connectivity index (χ1) is 6.78. The van der Waals surface area contributed by atoms with E-state index in [9.17, 15) is 4.79 Å². The van der Waals surface area contributed by atoms with Crippen molar-refractivity contribution in [3.8, 4) is 0 Å². The van der Waals surface area contributed by atoms with E-state index in [2.05, 4.69) is 5.32 Å². The first kappa shape index (κ1) is 14.3. The molecule has 0 rings (SSSR count). The molecular formula is C10H21NO4. The van der Waals surface area contributed by atoms with E-state index in [4.69, 9.17) is 15.3 Å². The number of hydrogen-bond acceptors (Lipinski definition) is 4. The minimum atomic E-state index is -1.32. The average Bonchev–Trinajstić information content (AvgIpc) is 2.11. The lowest BCUT2D eigenvalue weighted by atomic mass is 9.91. The van der Waals surface area contributed by atoms with Gasteiger partial charge in [0.2, 0.25) is 5.91 Å². The van der Waals surface area contributed by atoms with Crippen molar-refractivity contribution in [2.45, 2.75) is 32.7 Å². The Balaban J connectivity index is 4.36. The molecular weight excluding hydrogens is 198 g/mol. The van der Waals surface area contributed by atoms with Crippen LogP contribution in [0.5, 0.6) is 0 Å². The summed E-state index contributed by atoms with van der Waals surface area (Å²) in [4.78, 5) is 11.5. The Labute approximate surface area is 90.1 Å². The molecule has 0 heterocycles. The smallest absolute Gasteiger partial charge is 0.221 e. The van der Waals surface area contributed by atoms with Crippen LogP contribution in [0.1, 0.15) is 27.2 Å². The second kappa shape index (κ2) is 5.44. The summed E-state index contributed by atoms with van der Waals surface area (Å²) in [6.07, 6.45) is 0.273. The number of aliphatic hydroxyl groups is 3. The molecule has 0 aromatic carbocycles. The molecule has 0 aliphatic rings. The quantitative estimate of drug-likeness (QED) is 0.490. The lowest BCUT2D eigenvalue weighted by Crippen LogP contribution is -2.57. The minimum Gasteiger partial charge on any atom is -0.394 e. The first-order valence-electron chi connectivity index (χ1n) is 4.92. The third-order valence-electron chi connectivity index (χ3n) is 2.00. The van der Waals surface area contributed by atoms with E-state index in [0.717, 1.165) is 0 Å². The molecule has 0 saturated heterocycles. The third kappa shape index (κ3) is 5.11. The zero-order valence-corrected chi connectivity index (χ0v) is 9.58. The Kier molecular flexibility index (Phi) is 5.20. The maximum atomic E-state index is 11.5. The van der Waals surface area contributed by atoms with Crippen molar-refractivity contribution in [2.75, 3.05) is 19.8 Å². The Morgan fingerprint density at radius 2 is 1.47 bits per heavy atom. The van der Waals surface area contributed by atoms with Gasteiger partial charge in [-0.1, -0.05) is 20.8 Å². The van der Waals surface area contributed by atoms with Crippen molar-refractivity contribution in [1.29, 1.82) is 0 Å². The summed E-state index contributed by atoms with van der Waals surface area (Å²) in [6, 6.07) is 0. The van der Waals surface area contributed by atoms with Gasteiger partial charge in [0, 0.05) is 6.42 Å². The second-order valence-electron chi connectivity index (χ2n) is 5.04. The van der Waals surface area contributed by atoms with Gasteiger partial charge in [0.05, 0.1) is 19.8 Å². The SMILES string of the molecule is CC(C)(C)CC(=O)NC(CO)(CO)CO. The van der Waals surface area contributed by atoms with Crippen molar-refractivity contribution in [3.05, 3.63) is 0 Å². The van der Waals surface area contributed by atoms with Crippen molar-refractivity contribution in [1.82, 2.24) is 5.32 Å². The van der Waals surface area contributed by atoms with Gasteiger partial charge in [-0.3, -0.25) is 4.79 Å². The van der Waals surface area contributed by atoms with Crippen LogP contribution in [0, 0.1) is 5.41 Å². The summed E-state index contributed by atoms with van der Waals surface area (Å²) in [6.45, 7) is 4.25. The van der Waals surface area contributed by atoms with Crippen LogP contribution in [0.4, 0.5) is 0 Å². The normalized spacial score (nSPS) is 12.7. The summed E-state index contributed by atoms with van der Waals surface area (Å²) >= 11 is 0. The summed E-state index contributed by atoms with van der Waals surface area (Å²) < 4.78 is 0. The fourth-order valence-corrected chi connectivity index (χ4v) is 1.09. The van der Waals surface area contributed by atoms with E-state index in [1.807, 2.05) is 20.8 Å². The van der Waals surface area contributed by atoms with Gasteiger partial charge in [0.1, 0.15) is 5.54 Å². The van der Waals surface area contributed by atoms with E-state index in [0.29, 0.717) is 0 Å². The van der Waals surface area contributed by atoms with E-state index in [-0.39, 0.29) is 17.7 Å². The standard InChI is InChI=1S/C10H21NO4/c1-9(2,3)4-8(15)11-10(5-12,6-13)7-14/h12-14H,4-7H2,1-3H3,(H,11,15).